The number of carbonyl (C=O) groups excluding carboxylic acids is 4. The van der Waals surface area contributed by atoms with Crippen LogP contribution in [0.25, 0.3) is 0 Å². The first-order valence-electron chi connectivity index (χ1n) is 16.6. The van der Waals surface area contributed by atoms with Gasteiger partial charge in [0, 0.05) is 12.2 Å². The Labute approximate surface area is 273 Å². The van der Waals surface area contributed by atoms with Gasteiger partial charge < -0.3 is 18.9 Å². The molecule has 1 unspecified atom stereocenters. The predicted molar refractivity (Wildman–Crippen MR) is 176 cm³/mol. The SMILES string of the molecule is C=CC(=O)OCCCCCCc1ccc(OC(=O)[C@H]2CC[C@H](C(=O)Oc3ccc(C(CCCCC)OC(=O)C=C)cc3)CC2)cc1. The van der Waals surface area contributed by atoms with E-state index in [0.29, 0.717) is 50.2 Å². The van der Waals surface area contributed by atoms with Crippen LogP contribution >= 0.6 is 0 Å². The monoisotopic (exact) mass is 632 g/mol. The molecule has 2 aromatic carbocycles. The summed E-state index contributed by atoms with van der Waals surface area (Å²) in [7, 11) is 0. The normalized spacial score (nSPS) is 16.5. The standard InChI is InChI=1S/C38H48O8/c1-4-7-10-14-34(46-36(40)6-3)29-21-25-33(26-22-29)45-38(42)31-19-17-30(18-20-31)37(41)44-32-23-15-28(16-24-32)13-11-8-9-12-27-43-35(39)5-2/h5-6,15-16,21-26,30-31,34H,2-4,7-14,17-20,27H2,1H3/t30-,31-,34?. The lowest BCUT2D eigenvalue weighted by Crippen LogP contribution is -2.30. The van der Waals surface area contributed by atoms with E-state index in [-0.39, 0.29) is 35.8 Å². The maximum atomic E-state index is 12.9. The minimum Gasteiger partial charge on any atom is -0.463 e. The van der Waals surface area contributed by atoms with Crippen LogP contribution in [-0.2, 0) is 35.1 Å². The largest absolute Gasteiger partial charge is 0.463 e. The predicted octanol–water partition coefficient (Wildman–Crippen LogP) is 8.19. The second-order valence-electron chi connectivity index (χ2n) is 11.8. The molecule has 1 aliphatic carbocycles. The summed E-state index contributed by atoms with van der Waals surface area (Å²) >= 11 is 0. The van der Waals surface area contributed by atoms with Gasteiger partial charge >= 0.3 is 23.9 Å². The van der Waals surface area contributed by atoms with Gasteiger partial charge in [0.05, 0.1) is 18.4 Å². The third-order valence-corrected chi connectivity index (χ3v) is 8.27. The van der Waals surface area contributed by atoms with Crippen molar-refractivity contribution < 1.29 is 38.1 Å². The molecule has 1 saturated carbocycles. The summed E-state index contributed by atoms with van der Waals surface area (Å²) in [6.07, 6.45) is 12.8. The van der Waals surface area contributed by atoms with Crippen molar-refractivity contribution in [2.45, 2.75) is 96.5 Å². The van der Waals surface area contributed by atoms with E-state index in [1.807, 2.05) is 36.4 Å². The highest BCUT2D eigenvalue weighted by molar-refractivity contribution is 5.81. The minimum absolute atomic E-state index is 0.253. The van der Waals surface area contributed by atoms with Crippen LogP contribution in [0.2, 0.25) is 0 Å². The first-order valence-corrected chi connectivity index (χ1v) is 16.6. The van der Waals surface area contributed by atoms with Crippen molar-refractivity contribution in [3.8, 4) is 11.5 Å². The molecule has 2 aromatic rings. The number of hydrogen-bond acceptors (Lipinski definition) is 8. The number of aryl methyl sites for hydroxylation is 1. The summed E-state index contributed by atoms with van der Waals surface area (Å²) < 4.78 is 21.8. The van der Waals surface area contributed by atoms with Crippen LogP contribution < -0.4 is 9.47 Å². The molecule has 1 fully saturated rings. The molecule has 1 aliphatic rings. The Kier molecular flexibility index (Phi) is 15.8. The van der Waals surface area contributed by atoms with Gasteiger partial charge in [-0.25, -0.2) is 9.59 Å². The molecule has 1 atom stereocenters. The van der Waals surface area contributed by atoms with Crippen LogP contribution in [-0.4, -0.2) is 30.5 Å². The van der Waals surface area contributed by atoms with Crippen molar-refractivity contribution in [2.24, 2.45) is 11.8 Å². The fourth-order valence-electron chi connectivity index (χ4n) is 5.52. The summed E-state index contributed by atoms with van der Waals surface area (Å²) in [6.45, 7) is 9.40. The molecule has 3 rings (SSSR count). The Bertz CT molecular complexity index is 1270. The molecule has 0 aliphatic heterocycles. The van der Waals surface area contributed by atoms with Crippen LogP contribution in [0.5, 0.6) is 11.5 Å². The lowest BCUT2D eigenvalue weighted by atomic mass is 9.82. The van der Waals surface area contributed by atoms with Crippen LogP contribution in [0, 0.1) is 11.8 Å². The first-order chi connectivity index (χ1) is 22.3. The Morgan fingerprint density at radius 1 is 0.717 bits per heavy atom. The fourth-order valence-corrected chi connectivity index (χ4v) is 5.52. The third kappa shape index (κ3) is 12.7. The summed E-state index contributed by atoms with van der Waals surface area (Å²) in [5, 5.41) is 0. The number of benzene rings is 2. The van der Waals surface area contributed by atoms with Crippen LogP contribution in [0.15, 0.2) is 73.8 Å². The molecule has 0 spiro atoms. The van der Waals surface area contributed by atoms with Gasteiger partial charge in [-0.15, -0.1) is 0 Å². The van der Waals surface area contributed by atoms with Crippen molar-refractivity contribution in [1.82, 2.24) is 0 Å². The van der Waals surface area contributed by atoms with E-state index < -0.39 is 5.97 Å². The van der Waals surface area contributed by atoms with Gasteiger partial charge in [0.1, 0.15) is 17.6 Å². The zero-order valence-electron chi connectivity index (χ0n) is 27.1. The minimum atomic E-state index is -0.462. The molecule has 46 heavy (non-hydrogen) atoms. The number of carbonyl (C=O) groups is 4. The Morgan fingerprint density at radius 3 is 1.80 bits per heavy atom. The van der Waals surface area contributed by atoms with Gasteiger partial charge in [-0.1, -0.05) is 70.0 Å². The lowest BCUT2D eigenvalue weighted by Gasteiger charge is -2.26. The molecule has 248 valence electrons. The first kappa shape index (κ1) is 36.3. The number of hydrogen-bond donors (Lipinski definition) is 0. The summed E-state index contributed by atoms with van der Waals surface area (Å²) in [5.41, 5.74) is 2.02. The van der Waals surface area contributed by atoms with Gasteiger partial charge in [0.2, 0.25) is 0 Å². The lowest BCUT2D eigenvalue weighted by molar-refractivity contribution is -0.145. The average Bonchev–Trinajstić information content (AvgIpc) is 3.08. The molecule has 0 radical (unpaired) electrons. The third-order valence-electron chi connectivity index (χ3n) is 8.27. The highest BCUT2D eigenvalue weighted by Gasteiger charge is 2.32. The number of rotatable bonds is 19. The molecular formula is C38H48O8. The zero-order chi connectivity index (χ0) is 33.1. The Hall–Kier alpha value is -4.20. The van der Waals surface area contributed by atoms with Gasteiger partial charge in [0.25, 0.3) is 0 Å². The van der Waals surface area contributed by atoms with Crippen LogP contribution in [0.1, 0.15) is 101 Å². The maximum absolute atomic E-state index is 12.9. The molecule has 8 nitrogen and oxygen atoms in total. The van der Waals surface area contributed by atoms with Gasteiger partial charge in [-0.05, 0) is 93.2 Å². The quantitative estimate of drug-likeness (QED) is 0.0661. The van der Waals surface area contributed by atoms with E-state index in [0.717, 1.165) is 63.0 Å². The molecule has 8 heteroatoms. The Morgan fingerprint density at radius 2 is 1.26 bits per heavy atom. The van der Waals surface area contributed by atoms with Gasteiger partial charge in [-0.3, -0.25) is 9.59 Å². The average molecular weight is 633 g/mol. The fraction of sp³-hybridized carbons (Fsp3) is 0.474. The summed E-state index contributed by atoms with van der Waals surface area (Å²) in [5.74, 6) is -0.983. The second kappa shape index (κ2) is 20.0. The molecule has 0 amide bonds. The van der Waals surface area contributed by atoms with Crippen molar-refractivity contribution in [1.29, 1.82) is 0 Å². The summed E-state index contributed by atoms with van der Waals surface area (Å²) in [6, 6.07) is 14.7. The zero-order valence-corrected chi connectivity index (χ0v) is 27.1. The van der Waals surface area contributed by atoms with E-state index in [4.69, 9.17) is 18.9 Å². The van der Waals surface area contributed by atoms with E-state index >= 15 is 0 Å². The molecule has 0 bridgehead atoms. The van der Waals surface area contributed by atoms with Crippen molar-refractivity contribution >= 4 is 23.9 Å². The number of esters is 4. The number of unbranched alkanes of at least 4 members (excludes halogenated alkanes) is 5. The van der Waals surface area contributed by atoms with E-state index in [1.54, 1.807) is 12.1 Å². The van der Waals surface area contributed by atoms with Crippen LogP contribution in [0.4, 0.5) is 0 Å². The smallest absolute Gasteiger partial charge is 0.330 e. The van der Waals surface area contributed by atoms with Gasteiger partial charge in [0.15, 0.2) is 0 Å². The highest BCUT2D eigenvalue weighted by atomic mass is 16.5. The molecule has 0 heterocycles. The maximum Gasteiger partial charge on any atom is 0.330 e. The molecule has 0 aromatic heterocycles. The summed E-state index contributed by atoms with van der Waals surface area (Å²) in [4.78, 5) is 48.6. The van der Waals surface area contributed by atoms with E-state index in [2.05, 4.69) is 20.1 Å². The van der Waals surface area contributed by atoms with Crippen molar-refractivity contribution in [3.63, 3.8) is 0 Å². The van der Waals surface area contributed by atoms with E-state index in [1.165, 1.54) is 11.6 Å². The number of ether oxygens (including phenoxy) is 4. The van der Waals surface area contributed by atoms with Crippen molar-refractivity contribution in [2.75, 3.05) is 6.61 Å². The highest BCUT2D eigenvalue weighted by Crippen LogP contribution is 2.32. The molecule has 0 N–H and O–H groups in total. The van der Waals surface area contributed by atoms with Gasteiger partial charge in [-0.2, -0.15) is 0 Å². The molecule has 0 saturated heterocycles. The van der Waals surface area contributed by atoms with Crippen LogP contribution in [0.3, 0.4) is 0 Å². The van der Waals surface area contributed by atoms with Crippen molar-refractivity contribution in [3.05, 3.63) is 85.0 Å². The second-order valence-corrected chi connectivity index (χ2v) is 11.8. The van der Waals surface area contributed by atoms with E-state index in [9.17, 15) is 19.2 Å². The topological polar surface area (TPSA) is 105 Å². The molecular weight excluding hydrogens is 584 g/mol. The Balaban J connectivity index is 1.37.